The maximum atomic E-state index is 13.6. The summed E-state index contributed by atoms with van der Waals surface area (Å²) in [6, 6.07) is -0.905. The number of nitrogens with one attached hydrogen (secondary N) is 1. The molecule has 3 atom stereocenters. The number of esters is 1. The zero-order valence-corrected chi connectivity index (χ0v) is 55.3. The quantitative estimate of drug-likeness (QED) is 0.0212. The van der Waals surface area contributed by atoms with Crippen LogP contribution < -0.4 is 10.2 Å². The average Bonchev–Trinajstić information content (AvgIpc) is 3.44. The second-order valence-corrected chi connectivity index (χ2v) is 25.7. The van der Waals surface area contributed by atoms with Gasteiger partial charge in [-0.2, -0.15) is 0 Å². The summed E-state index contributed by atoms with van der Waals surface area (Å²) in [5.74, 6) is -0.572. The number of ether oxygens (including phenoxy) is 1. The summed E-state index contributed by atoms with van der Waals surface area (Å²) in [4.78, 5) is 40.1. The maximum Gasteiger partial charge on any atom is 0.306 e. The molecule has 0 bridgehead atoms. The van der Waals surface area contributed by atoms with Gasteiger partial charge in [0.2, 0.25) is 5.91 Å². The van der Waals surface area contributed by atoms with Crippen LogP contribution in [0.25, 0.3) is 0 Å². The van der Waals surface area contributed by atoms with Crippen LogP contribution in [0.1, 0.15) is 310 Å². The minimum absolute atomic E-state index is 0.0299. The molecule has 0 saturated carbocycles. The maximum absolute atomic E-state index is 13.6. The fourth-order valence-electron chi connectivity index (χ4n) is 9.71. The van der Waals surface area contributed by atoms with Crippen LogP contribution in [0.2, 0.25) is 0 Å². The Labute approximate surface area is 507 Å². The smallest absolute Gasteiger partial charge is 0.306 e. The van der Waals surface area contributed by atoms with E-state index in [2.05, 4.69) is 99.0 Å². The minimum Gasteiger partial charge on any atom is -0.756 e. The number of hydrogen-bond acceptors (Lipinski definition) is 7. The SMILES string of the molecule is CCCCC/C=C\C/C=C\C/C=C\C/C=C\CCCCCC(=O)OC(/C=C\CCCCCCCCCCCC)C(COP(=O)([O-])OCC[N+](C)(C)C)NC(=O)CCCCCCCCCCCCCCCCC/C=C\C/C=C\CCCCC. The number of rotatable bonds is 62. The number of nitrogens with zero attached hydrogens (tertiary/aromatic N) is 1. The van der Waals surface area contributed by atoms with Crippen molar-refractivity contribution in [3.63, 3.8) is 0 Å². The summed E-state index contributed by atoms with van der Waals surface area (Å²) in [5, 5.41) is 3.03. The van der Waals surface area contributed by atoms with E-state index in [9.17, 15) is 19.0 Å². The molecule has 0 spiro atoms. The molecule has 9 nitrogen and oxygen atoms in total. The van der Waals surface area contributed by atoms with Crippen LogP contribution in [0.15, 0.2) is 85.1 Å². The molecule has 1 N–H and O–H groups in total. The number of likely N-dealkylation sites (N-methyl/N-ethyl adjacent to an activating group) is 1. The highest BCUT2D eigenvalue weighted by atomic mass is 31.2. The molecule has 0 aliphatic rings. The first-order valence-electron chi connectivity index (χ1n) is 34.4. The van der Waals surface area contributed by atoms with Gasteiger partial charge >= 0.3 is 5.97 Å². The van der Waals surface area contributed by atoms with E-state index >= 15 is 0 Å². The molecule has 10 heteroatoms. The molecule has 0 aromatic carbocycles. The van der Waals surface area contributed by atoms with Crippen molar-refractivity contribution in [2.24, 2.45) is 0 Å². The number of quaternary nitrogens is 1. The lowest BCUT2D eigenvalue weighted by molar-refractivity contribution is -0.870. The number of carbonyl (C=O) groups is 2. The van der Waals surface area contributed by atoms with Gasteiger partial charge in [0.05, 0.1) is 33.8 Å². The summed E-state index contributed by atoms with van der Waals surface area (Å²) in [6.45, 7) is 6.79. The van der Waals surface area contributed by atoms with Crippen molar-refractivity contribution >= 4 is 19.7 Å². The van der Waals surface area contributed by atoms with E-state index in [4.69, 9.17) is 13.8 Å². The topological polar surface area (TPSA) is 114 Å². The third kappa shape index (κ3) is 61.7. The highest BCUT2D eigenvalue weighted by Crippen LogP contribution is 2.38. The van der Waals surface area contributed by atoms with Crippen molar-refractivity contribution in [2.45, 2.75) is 322 Å². The molecule has 0 saturated heterocycles. The molecule has 0 aromatic heterocycles. The van der Waals surface area contributed by atoms with E-state index in [-0.39, 0.29) is 24.9 Å². The van der Waals surface area contributed by atoms with Gasteiger partial charge in [-0.25, -0.2) is 0 Å². The van der Waals surface area contributed by atoms with Gasteiger partial charge in [-0.05, 0) is 109 Å². The largest absolute Gasteiger partial charge is 0.756 e. The summed E-state index contributed by atoms with van der Waals surface area (Å²) in [7, 11) is 1.17. The summed E-state index contributed by atoms with van der Waals surface area (Å²) in [6.07, 6.45) is 81.3. The fraction of sp³-hybridized carbons (Fsp3) is 0.778. The molecule has 0 aliphatic carbocycles. The number of carbonyl (C=O) groups excluding carboxylic acids is 2. The van der Waals surface area contributed by atoms with Gasteiger partial charge in [-0.3, -0.25) is 14.2 Å². The lowest BCUT2D eigenvalue weighted by Crippen LogP contribution is -2.47. The van der Waals surface area contributed by atoms with Crippen LogP contribution in [0.5, 0.6) is 0 Å². The molecule has 0 aliphatic heterocycles. The number of phosphoric ester groups is 1. The van der Waals surface area contributed by atoms with Gasteiger partial charge in [0, 0.05) is 12.8 Å². The Hall–Kier alpha value is -2.81. The molecule has 0 heterocycles. The number of phosphoric acid groups is 1. The Morgan fingerprint density at radius 3 is 1.15 bits per heavy atom. The number of amides is 1. The monoisotopic (exact) mass is 1170 g/mol. The van der Waals surface area contributed by atoms with Crippen LogP contribution >= 0.6 is 7.82 Å². The lowest BCUT2D eigenvalue weighted by atomic mass is 10.0. The van der Waals surface area contributed by atoms with E-state index in [1.807, 2.05) is 33.3 Å². The van der Waals surface area contributed by atoms with Crippen molar-refractivity contribution in [3.05, 3.63) is 85.1 Å². The van der Waals surface area contributed by atoms with Crippen LogP contribution in [0.3, 0.4) is 0 Å². The van der Waals surface area contributed by atoms with Crippen LogP contribution in [0, 0.1) is 0 Å². The first kappa shape index (κ1) is 79.2. The molecule has 82 heavy (non-hydrogen) atoms. The van der Waals surface area contributed by atoms with Gasteiger partial charge in [0.1, 0.15) is 19.3 Å². The minimum atomic E-state index is -4.71. The molecule has 1 amide bonds. The highest BCUT2D eigenvalue weighted by molar-refractivity contribution is 7.45. The van der Waals surface area contributed by atoms with Crippen molar-refractivity contribution < 1.29 is 37.3 Å². The normalized spacial score (nSPS) is 14.1. The zero-order valence-electron chi connectivity index (χ0n) is 54.4. The standard InChI is InChI=1S/C72H131N2O7P/c1-7-10-13-16-19-22-25-28-30-32-34-35-36-37-38-39-41-42-44-46-49-52-55-58-61-64-71(75)73-69(68-80-82(77,78)79-67-66-74(4,5)6)70(63-60-57-54-51-48-27-24-21-18-15-12-9-3)81-72(76)65-62-59-56-53-50-47-45-43-40-33-31-29-26-23-20-17-14-11-8-2/h19-20,22-23,28-31,40,43,47,50,60,63,69-70H,7-18,21,24-27,32-39,41-42,44-46,48-49,51-59,61-62,64-68H2,1-6H3,(H-,73,75,77,78)/b22-19-,23-20-,30-28-,31-29-,43-40-,50-47-,63-60-. The Bertz CT molecular complexity index is 1680. The van der Waals surface area contributed by atoms with Crippen molar-refractivity contribution in [3.8, 4) is 0 Å². The van der Waals surface area contributed by atoms with Gasteiger partial charge in [-0.15, -0.1) is 0 Å². The highest BCUT2D eigenvalue weighted by Gasteiger charge is 2.27. The summed E-state index contributed by atoms with van der Waals surface area (Å²) < 4.78 is 30.4. The second kappa shape index (κ2) is 61.3. The number of allylic oxidation sites excluding steroid dienone is 13. The predicted molar refractivity (Wildman–Crippen MR) is 353 cm³/mol. The van der Waals surface area contributed by atoms with Crippen LogP contribution in [-0.2, 0) is 27.9 Å². The molecule has 0 radical (unpaired) electrons. The third-order valence-electron chi connectivity index (χ3n) is 15.0. The zero-order chi connectivity index (χ0) is 60.0. The van der Waals surface area contributed by atoms with Crippen LogP contribution in [0.4, 0.5) is 0 Å². The third-order valence-corrected chi connectivity index (χ3v) is 16.0. The molecule has 3 unspecified atom stereocenters. The van der Waals surface area contributed by atoms with E-state index in [0.717, 1.165) is 83.5 Å². The average molecular weight is 1170 g/mol. The molecule has 0 rings (SSSR count). The molecule has 0 fully saturated rings. The fourth-order valence-corrected chi connectivity index (χ4v) is 10.4. The van der Waals surface area contributed by atoms with E-state index in [0.29, 0.717) is 23.9 Å². The Morgan fingerprint density at radius 2 is 0.744 bits per heavy atom. The number of unbranched alkanes of at least 4 members (excludes halogenated alkanes) is 34. The molecule has 0 aromatic rings. The Kier molecular flexibility index (Phi) is 59.2. The van der Waals surface area contributed by atoms with Crippen molar-refractivity contribution in [1.82, 2.24) is 5.32 Å². The van der Waals surface area contributed by atoms with Gasteiger partial charge in [-0.1, -0.05) is 273 Å². The van der Waals surface area contributed by atoms with Gasteiger partial charge in [0.25, 0.3) is 7.82 Å². The van der Waals surface area contributed by atoms with E-state index in [1.54, 1.807) is 0 Å². The molecule has 476 valence electrons. The predicted octanol–water partition coefficient (Wildman–Crippen LogP) is 21.1. The van der Waals surface area contributed by atoms with Crippen LogP contribution in [-0.4, -0.2) is 69.4 Å². The number of hydrogen-bond donors (Lipinski definition) is 1. The first-order chi connectivity index (χ1) is 39.9. The molecular weight excluding hydrogens is 1040 g/mol. The molecular formula is C72H131N2O7P. The van der Waals surface area contributed by atoms with Crippen molar-refractivity contribution in [2.75, 3.05) is 40.9 Å². The van der Waals surface area contributed by atoms with E-state index in [1.165, 1.54) is 186 Å². The van der Waals surface area contributed by atoms with Crippen molar-refractivity contribution in [1.29, 1.82) is 0 Å². The lowest BCUT2D eigenvalue weighted by Gasteiger charge is -2.30. The Morgan fingerprint density at radius 1 is 0.427 bits per heavy atom. The first-order valence-corrected chi connectivity index (χ1v) is 35.9. The second-order valence-electron chi connectivity index (χ2n) is 24.3. The Balaban J connectivity index is 5.13. The van der Waals surface area contributed by atoms with E-state index < -0.39 is 26.6 Å². The summed E-state index contributed by atoms with van der Waals surface area (Å²) in [5.41, 5.74) is 0. The van der Waals surface area contributed by atoms with Gasteiger partial charge < -0.3 is 28.5 Å². The van der Waals surface area contributed by atoms with Gasteiger partial charge in [0.15, 0.2) is 0 Å². The summed E-state index contributed by atoms with van der Waals surface area (Å²) >= 11 is 0.